The Morgan fingerprint density at radius 2 is 1.74 bits per heavy atom. The molecule has 4 bridgehead atoms. The van der Waals surface area contributed by atoms with E-state index in [9.17, 15) is 14.9 Å². The van der Waals surface area contributed by atoms with E-state index in [1.54, 1.807) is 12.1 Å². The number of hydrogen-bond donors (Lipinski definition) is 0. The second-order valence-electron chi connectivity index (χ2n) is 7.56. The van der Waals surface area contributed by atoms with Crippen LogP contribution in [0.15, 0.2) is 24.3 Å². The van der Waals surface area contributed by atoms with Gasteiger partial charge in [-0.05, 0) is 24.1 Å². The lowest BCUT2D eigenvalue weighted by Crippen LogP contribution is -2.75. The second kappa shape index (κ2) is 4.61. The molecule has 1 aromatic rings. The summed E-state index contributed by atoms with van der Waals surface area (Å²) in [4.78, 5) is 28.1. The van der Waals surface area contributed by atoms with Gasteiger partial charge in [0, 0.05) is 38.3 Å². The Hall–Kier alpha value is -1.79. The fraction of sp³-hybridized carbons (Fsp3) is 0.588. The topological polar surface area (TPSA) is 66.7 Å². The Kier molecular flexibility index (Phi) is 2.96. The van der Waals surface area contributed by atoms with E-state index in [1.165, 1.54) is 0 Å². The Morgan fingerprint density at radius 3 is 2.22 bits per heavy atom. The third kappa shape index (κ3) is 1.91. The number of piperidine rings is 2. The zero-order chi connectivity index (χ0) is 16.4. The van der Waals surface area contributed by atoms with E-state index < -0.39 is 0 Å². The van der Waals surface area contributed by atoms with Gasteiger partial charge < -0.3 is 0 Å². The van der Waals surface area contributed by atoms with Gasteiger partial charge in [-0.3, -0.25) is 24.7 Å². The molecule has 0 saturated carbocycles. The minimum Gasteiger partial charge on any atom is -0.298 e. The number of nitro groups is 1. The highest BCUT2D eigenvalue weighted by molar-refractivity contribution is 5.93. The van der Waals surface area contributed by atoms with Crippen LogP contribution in [0, 0.1) is 20.9 Å². The molecular weight excluding hydrogens is 294 g/mol. The number of non-ortho nitro benzene ring substituents is 1. The van der Waals surface area contributed by atoms with E-state index >= 15 is 0 Å². The molecule has 2 unspecified atom stereocenters. The first-order valence-corrected chi connectivity index (χ1v) is 8.16. The van der Waals surface area contributed by atoms with Gasteiger partial charge in [0.05, 0.1) is 21.9 Å². The highest BCUT2D eigenvalue weighted by Gasteiger charge is 2.63. The molecule has 0 spiro atoms. The van der Waals surface area contributed by atoms with Crippen molar-refractivity contribution in [2.24, 2.45) is 10.8 Å². The predicted molar refractivity (Wildman–Crippen MR) is 84.8 cm³/mol. The third-order valence-corrected chi connectivity index (χ3v) is 5.92. The largest absolute Gasteiger partial charge is 0.298 e. The van der Waals surface area contributed by atoms with Gasteiger partial charge in [-0.25, -0.2) is 0 Å². The number of nitrogens with zero attached hydrogens (tertiary/aromatic N) is 3. The maximum atomic E-state index is 12.9. The summed E-state index contributed by atoms with van der Waals surface area (Å²) in [5, 5.41) is 10.8. The normalized spacial score (nSPS) is 41.3. The molecule has 122 valence electrons. The number of carbonyl (C=O) groups is 1. The van der Waals surface area contributed by atoms with E-state index in [1.807, 2.05) is 12.1 Å². The first-order valence-electron chi connectivity index (χ1n) is 8.16. The van der Waals surface area contributed by atoms with Crippen LogP contribution in [0.4, 0.5) is 5.69 Å². The summed E-state index contributed by atoms with van der Waals surface area (Å²) < 4.78 is 0. The molecule has 4 aliphatic heterocycles. The SMILES string of the molecule is CCC12CN3CC(C)(CN(C1)C3c1ccc([N+](=O)[O-])cc1)C2=O. The summed E-state index contributed by atoms with van der Waals surface area (Å²) >= 11 is 0. The highest BCUT2D eigenvalue weighted by atomic mass is 16.6. The molecule has 6 nitrogen and oxygen atoms in total. The average molecular weight is 315 g/mol. The van der Waals surface area contributed by atoms with Gasteiger partial charge in [-0.2, -0.15) is 0 Å². The van der Waals surface area contributed by atoms with Crippen molar-refractivity contribution in [3.05, 3.63) is 39.9 Å². The molecule has 0 N–H and O–H groups in total. The van der Waals surface area contributed by atoms with Crippen molar-refractivity contribution in [3.8, 4) is 0 Å². The van der Waals surface area contributed by atoms with Crippen LogP contribution >= 0.6 is 0 Å². The summed E-state index contributed by atoms with van der Waals surface area (Å²) in [7, 11) is 0. The monoisotopic (exact) mass is 315 g/mol. The molecule has 0 radical (unpaired) electrons. The number of benzene rings is 1. The number of rotatable bonds is 3. The fourth-order valence-electron chi connectivity index (χ4n) is 4.96. The zero-order valence-electron chi connectivity index (χ0n) is 13.5. The van der Waals surface area contributed by atoms with Crippen LogP contribution in [-0.4, -0.2) is 46.7 Å². The molecule has 4 saturated heterocycles. The van der Waals surface area contributed by atoms with Gasteiger partial charge in [0.1, 0.15) is 5.78 Å². The van der Waals surface area contributed by atoms with Crippen molar-refractivity contribution in [3.63, 3.8) is 0 Å². The molecule has 23 heavy (non-hydrogen) atoms. The summed E-state index contributed by atoms with van der Waals surface area (Å²) in [6.45, 7) is 7.37. The van der Waals surface area contributed by atoms with E-state index in [2.05, 4.69) is 23.6 Å². The zero-order valence-corrected chi connectivity index (χ0v) is 13.5. The second-order valence-corrected chi connectivity index (χ2v) is 7.56. The molecular formula is C17H21N3O3. The van der Waals surface area contributed by atoms with Crippen LogP contribution < -0.4 is 0 Å². The van der Waals surface area contributed by atoms with Crippen LogP contribution in [0.25, 0.3) is 0 Å². The van der Waals surface area contributed by atoms with Crippen molar-refractivity contribution in [2.45, 2.75) is 26.4 Å². The van der Waals surface area contributed by atoms with Gasteiger partial charge in [0.15, 0.2) is 0 Å². The number of Topliss-reactive ketones (excluding diaryl/α,β-unsaturated/α-hetero) is 1. The smallest absolute Gasteiger partial charge is 0.269 e. The molecule has 0 aliphatic carbocycles. The number of hydrogen-bond acceptors (Lipinski definition) is 5. The maximum absolute atomic E-state index is 12.9. The van der Waals surface area contributed by atoms with Crippen molar-refractivity contribution in [1.82, 2.24) is 9.80 Å². The van der Waals surface area contributed by atoms with Crippen LogP contribution in [0.3, 0.4) is 0 Å². The Bertz CT molecular complexity index is 669. The molecule has 6 heteroatoms. The molecule has 4 heterocycles. The Balaban J connectivity index is 1.69. The van der Waals surface area contributed by atoms with Crippen LogP contribution in [0.5, 0.6) is 0 Å². The summed E-state index contributed by atoms with van der Waals surface area (Å²) in [5.74, 6) is 0.433. The lowest BCUT2D eigenvalue weighted by Gasteiger charge is -2.65. The fourth-order valence-corrected chi connectivity index (χ4v) is 4.96. The molecule has 5 rings (SSSR count). The number of carbonyl (C=O) groups excluding carboxylic acids is 1. The first-order chi connectivity index (χ1) is 10.9. The van der Waals surface area contributed by atoms with Crippen LogP contribution in [0.1, 0.15) is 32.0 Å². The average Bonchev–Trinajstić information content (AvgIpc) is 2.51. The minimum atomic E-state index is -0.368. The van der Waals surface area contributed by atoms with E-state index in [-0.39, 0.29) is 27.6 Å². The highest BCUT2D eigenvalue weighted by Crippen LogP contribution is 2.53. The van der Waals surface area contributed by atoms with E-state index in [0.717, 1.165) is 38.2 Å². The van der Waals surface area contributed by atoms with Crippen LogP contribution in [-0.2, 0) is 4.79 Å². The predicted octanol–water partition coefficient (Wildman–Crippen LogP) is 2.21. The van der Waals surface area contributed by atoms with E-state index in [4.69, 9.17) is 0 Å². The lowest BCUT2D eigenvalue weighted by molar-refractivity contribution is -0.384. The van der Waals surface area contributed by atoms with Crippen molar-refractivity contribution in [2.75, 3.05) is 26.2 Å². The first kappa shape index (κ1) is 14.8. The molecule has 1 aromatic carbocycles. The van der Waals surface area contributed by atoms with Gasteiger partial charge >= 0.3 is 0 Å². The quantitative estimate of drug-likeness (QED) is 0.632. The van der Waals surface area contributed by atoms with Crippen molar-refractivity contribution in [1.29, 1.82) is 0 Å². The molecule has 0 amide bonds. The van der Waals surface area contributed by atoms with E-state index in [0.29, 0.717) is 5.78 Å². The third-order valence-electron chi connectivity index (χ3n) is 5.92. The maximum Gasteiger partial charge on any atom is 0.269 e. The van der Waals surface area contributed by atoms with Gasteiger partial charge in [-0.1, -0.05) is 13.8 Å². The molecule has 0 aromatic heterocycles. The Morgan fingerprint density at radius 1 is 1.17 bits per heavy atom. The number of nitro benzene ring substituents is 1. The Labute approximate surface area is 135 Å². The summed E-state index contributed by atoms with van der Waals surface area (Å²) in [6, 6.07) is 6.86. The molecule has 4 aliphatic rings. The standard InChI is InChI=1S/C17H21N3O3/c1-3-17-10-18-8-16(2,15(17)21)9-19(11-17)14(18)12-4-6-13(7-5-12)20(22)23/h4-7,14H,3,8-11H2,1-2H3. The van der Waals surface area contributed by atoms with Gasteiger partial charge in [-0.15, -0.1) is 0 Å². The molecule has 4 fully saturated rings. The summed E-state index contributed by atoms with van der Waals surface area (Å²) in [5.41, 5.74) is 0.693. The van der Waals surface area contributed by atoms with Gasteiger partial charge in [0.25, 0.3) is 5.69 Å². The van der Waals surface area contributed by atoms with Crippen LogP contribution in [0.2, 0.25) is 0 Å². The van der Waals surface area contributed by atoms with Gasteiger partial charge in [0.2, 0.25) is 0 Å². The van der Waals surface area contributed by atoms with Crippen molar-refractivity contribution < 1.29 is 9.72 Å². The number of ketones is 1. The minimum absolute atomic E-state index is 0.120. The summed E-state index contributed by atoms with van der Waals surface area (Å²) in [6.07, 6.45) is 1.01. The van der Waals surface area contributed by atoms with Crippen molar-refractivity contribution >= 4 is 11.5 Å². The molecule has 2 atom stereocenters. The lowest BCUT2D eigenvalue weighted by atomic mass is 9.60.